The largest absolute Gasteiger partial charge is 0.497 e. The van der Waals surface area contributed by atoms with Crippen LogP contribution in [0.2, 0.25) is 0 Å². The number of fused-ring (bicyclic) bond motifs is 1. The number of thiazole rings is 1. The Morgan fingerprint density at radius 3 is 2.41 bits per heavy atom. The Bertz CT molecular complexity index is 1320. The predicted octanol–water partition coefficient (Wildman–Crippen LogP) is 3.20. The highest BCUT2D eigenvalue weighted by molar-refractivity contribution is 7.92. The molecule has 0 aliphatic rings. The summed E-state index contributed by atoms with van der Waals surface area (Å²) in [5.41, 5.74) is 0.958. The average Bonchev–Trinajstić information content (AvgIpc) is 3.09. The van der Waals surface area contributed by atoms with Crippen molar-refractivity contribution in [1.29, 1.82) is 0 Å². The maximum atomic E-state index is 12.8. The summed E-state index contributed by atoms with van der Waals surface area (Å²) in [6.07, 6.45) is 0. The van der Waals surface area contributed by atoms with Gasteiger partial charge in [-0.3, -0.25) is 9.59 Å². The number of methoxy groups -OCH3 is 1. The number of hydrogen-bond donors (Lipinski definition) is 0. The maximum Gasteiger partial charge on any atom is 0.326 e. The lowest BCUT2D eigenvalue weighted by atomic mass is 10.2. The summed E-state index contributed by atoms with van der Waals surface area (Å²) < 4.78 is 37.3. The highest BCUT2D eigenvalue weighted by atomic mass is 32.2. The SMILES string of the molecule is CCOC(=O)Cn1c(=NC(=O)c2ccc(S(=O)(=O)C(C)C)cc2)sc2cc(OC)ccc21. The van der Waals surface area contributed by atoms with Crippen LogP contribution in [-0.4, -0.2) is 43.8 Å². The van der Waals surface area contributed by atoms with E-state index in [1.807, 2.05) is 0 Å². The lowest BCUT2D eigenvalue weighted by Crippen LogP contribution is -2.23. The Labute approximate surface area is 190 Å². The lowest BCUT2D eigenvalue weighted by molar-refractivity contribution is -0.143. The van der Waals surface area contributed by atoms with Crippen molar-refractivity contribution in [3.05, 3.63) is 52.8 Å². The first-order valence-electron chi connectivity index (χ1n) is 9.93. The van der Waals surface area contributed by atoms with Gasteiger partial charge in [-0.15, -0.1) is 0 Å². The van der Waals surface area contributed by atoms with Crippen molar-refractivity contribution in [2.75, 3.05) is 13.7 Å². The molecule has 0 spiro atoms. The van der Waals surface area contributed by atoms with E-state index in [4.69, 9.17) is 9.47 Å². The van der Waals surface area contributed by atoms with Crippen LogP contribution in [0.1, 0.15) is 31.1 Å². The maximum absolute atomic E-state index is 12.8. The standard InChI is InChI=1S/C22H24N2O6S2/c1-5-30-20(25)13-24-18-11-8-16(29-4)12-19(18)31-22(24)23-21(26)15-6-9-17(10-7-15)32(27,28)14(2)3/h6-12,14H,5,13H2,1-4H3. The third kappa shape index (κ3) is 4.91. The van der Waals surface area contributed by atoms with E-state index in [1.165, 1.54) is 35.6 Å². The molecule has 0 bridgehead atoms. The van der Waals surface area contributed by atoms with Crippen molar-refractivity contribution in [1.82, 2.24) is 4.57 Å². The van der Waals surface area contributed by atoms with Crippen LogP contribution in [0.4, 0.5) is 0 Å². The minimum absolute atomic E-state index is 0.0994. The first kappa shape index (κ1) is 23.7. The van der Waals surface area contributed by atoms with Gasteiger partial charge in [0.2, 0.25) is 0 Å². The molecular formula is C22H24N2O6S2. The molecule has 3 aromatic rings. The molecular weight excluding hydrogens is 452 g/mol. The number of ether oxygens (including phenoxy) is 2. The quantitative estimate of drug-likeness (QED) is 0.485. The minimum atomic E-state index is -3.44. The van der Waals surface area contributed by atoms with E-state index in [2.05, 4.69) is 4.99 Å². The molecule has 0 saturated heterocycles. The number of amides is 1. The Hall–Kier alpha value is -2.98. The molecule has 32 heavy (non-hydrogen) atoms. The molecule has 0 fully saturated rings. The second-order valence-electron chi connectivity index (χ2n) is 7.14. The van der Waals surface area contributed by atoms with Crippen molar-refractivity contribution < 1.29 is 27.5 Å². The second-order valence-corrected chi connectivity index (χ2v) is 10.7. The number of hydrogen-bond acceptors (Lipinski definition) is 7. The zero-order valence-electron chi connectivity index (χ0n) is 18.2. The van der Waals surface area contributed by atoms with Crippen LogP contribution in [-0.2, 0) is 25.9 Å². The van der Waals surface area contributed by atoms with Gasteiger partial charge in [0.05, 0.1) is 34.1 Å². The Morgan fingerprint density at radius 1 is 1.12 bits per heavy atom. The van der Waals surface area contributed by atoms with Gasteiger partial charge in [0.25, 0.3) is 5.91 Å². The van der Waals surface area contributed by atoms with Crippen molar-refractivity contribution in [3.63, 3.8) is 0 Å². The molecule has 0 aliphatic carbocycles. The molecule has 0 aliphatic heterocycles. The number of esters is 1. The van der Waals surface area contributed by atoms with Gasteiger partial charge < -0.3 is 14.0 Å². The number of sulfone groups is 1. The number of benzene rings is 2. The van der Waals surface area contributed by atoms with Crippen molar-refractivity contribution in [2.24, 2.45) is 4.99 Å². The molecule has 0 saturated carbocycles. The van der Waals surface area contributed by atoms with E-state index in [0.29, 0.717) is 16.1 Å². The van der Waals surface area contributed by atoms with E-state index in [9.17, 15) is 18.0 Å². The molecule has 1 amide bonds. The third-order valence-corrected chi connectivity index (χ3v) is 7.94. The van der Waals surface area contributed by atoms with Gasteiger partial charge in [0.15, 0.2) is 14.6 Å². The van der Waals surface area contributed by atoms with E-state index < -0.39 is 27.0 Å². The fourth-order valence-corrected chi connectivity index (χ4v) is 5.08. The van der Waals surface area contributed by atoms with Gasteiger partial charge in [-0.1, -0.05) is 11.3 Å². The first-order valence-corrected chi connectivity index (χ1v) is 12.3. The zero-order valence-corrected chi connectivity index (χ0v) is 19.8. The van der Waals surface area contributed by atoms with Gasteiger partial charge in [0.1, 0.15) is 12.3 Å². The lowest BCUT2D eigenvalue weighted by Gasteiger charge is -2.07. The number of rotatable bonds is 7. The van der Waals surface area contributed by atoms with Crippen LogP contribution in [0.3, 0.4) is 0 Å². The highest BCUT2D eigenvalue weighted by Gasteiger charge is 2.19. The summed E-state index contributed by atoms with van der Waals surface area (Å²) >= 11 is 1.24. The van der Waals surface area contributed by atoms with Crippen LogP contribution in [0.15, 0.2) is 52.4 Å². The number of carbonyl (C=O) groups excluding carboxylic acids is 2. The monoisotopic (exact) mass is 476 g/mol. The van der Waals surface area contributed by atoms with E-state index in [-0.39, 0.29) is 23.6 Å². The molecule has 1 heterocycles. The normalized spacial score (nSPS) is 12.3. The summed E-state index contributed by atoms with van der Waals surface area (Å²) in [5.74, 6) is -0.350. The molecule has 2 aromatic carbocycles. The number of nitrogens with zero attached hydrogens (tertiary/aromatic N) is 2. The topological polar surface area (TPSA) is 104 Å². The van der Waals surface area contributed by atoms with Crippen LogP contribution < -0.4 is 9.54 Å². The molecule has 8 nitrogen and oxygen atoms in total. The van der Waals surface area contributed by atoms with Gasteiger partial charge in [-0.05, 0) is 63.2 Å². The molecule has 10 heteroatoms. The summed E-state index contributed by atoms with van der Waals surface area (Å²) in [7, 11) is -1.88. The Kier molecular flexibility index (Phi) is 7.15. The molecule has 3 rings (SSSR count). The number of aromatic nitrogens is 1. The van der Waals surface area contributed by atoms with E-state index >= 15 is 0 Å². The molecule has 0 atom stereocenters. The van der Waals surface area contributed by atoms with Crippen LogP contribution in [0.5, 0.6) is 5.75 Å². The fourth-order valence-electron chi connectivity index (χ4n) is 2.97. The fraction of sp³-hybridized carbons (Fsp3) is 0.318. The van der Waals surface area contributed by atoms with Crippen molar-refractivity contribution in [3.8, 4) is 5.75 Å². The van der Waals surface area contributed by atoms with Gasteiger partial charge in [-0.25, -0.2) is 8.42 Å². The van der Waals surface area contributed by atoms with Crippen LogP contribution in [0, 0.1) is 0 Å². The van der Waals surface area contributed by atoms with E-state index in [1.54, 1.807) is 50.6 Å². The highest BCUT2D eigenvalue weighted by Crippen LogP contribution is 2.23. The van der Waals surface area contributed by atoms with Gasteiger partial charge in [0, 0.05) is 5.56 Å². The second kappa shape index (κ2) is 9.66. The third-order valence-electron chi connectivity index (χ3n) is 4.73. The molecule has 0 unspecified atom stereocenters. The smallest absolute Gasteiger partial charge is 0.326 e. The first-order chi connectivity index (χ1) is 15.2. The van der Waals surface area contributed by atoms with Crippen molar-refractivity contribution >= 4 is 43.3 Å². The van der Waals surface area contributed by atoms with Crippen molar-refractivity contribution in [2.45, 2.75) is 37.5 Å². The predicted molar refractivity (Wildman–Crippen MR) is 122 cm³/mol. The molecule has 0 radical (unpaired) electrons. The van der Waals surface area contributed by atoms with Gasteiger partial charge >= 0.3 is 5.97 Å². The summed E-state index contributed by atoms with van der Waals surface area (Å²) in [5, 5.41) is -0.564. The molecule has 0 N–H and O–H groups in total. The van der Waals surface area contributed by atoms with Crippen LogP contribution in [0.25, 0.3) is 10.2 Å². The van der Waals surface area contributed by atoms with E-state index in [0.717, 1.165) is 4.70 Å². The summed E-state index contributed by atoms with van der Waals surface area (Å²) in [4.78, 5) is 29.6. The zero-order chi connectivity index (χ0) is 23.5. The minimum Gasteiger partial charge on any atom is -0.497 e. The Morgan fingerprint density at radius 2 is 1.81 bits per heavy atom. The Balaban J connectivity index is 2.04. The van der Waals surface area contributed by atoms with Crippen LogP contribution >= 0.6 is 11.3 Å². The summed E-state index contributed by atoms with van der Waals surface area (Å²) in [6.45, 7) is 5.06. The average molecular weight is 477 g/mol. The molecule has 1 aromatic heterocycles. The summed E-state index contributed by atoms with van der Waals surface area (Å²) in [6, 6.07) is 11.0. The molecule has 170 valence electrons. The van der Waals surface area contributed by atoms with Gasteiger partial charge in [-0.2, -0.15) is 4.99 Å². The number of carbonyl (C=O) groups is 2.